The van der Waals surface area contributed by atoms with Crippen molar-refractivity contribution in [2.45, 2.75) is 6.54 Å². The molecule has 0 saturated carbocycles. The number of hydrogen-bond acceptors (Lipinski definition) is 6. The standard InChI is InChI=1S/C29H20ClNO5S/c1-35-24-14-13-18(15-25(24)36-28(33)22-11-6-9-19-7-2-4-10-21(19)22)16-26-27(32)31(29(34)37-26)17-20-8-3-5-12-23(20)30/h2-16H,17H2,1H3/b26-16-. The third kappa shape index (κ3) is 5.09. The minimum atomic E-state index is -0.535. The Morgan fingerprint density at radius 1 is 0.946 bits per heavy atom. The predicted molar refractivity (Wildman–Crippen MR) is 145 cm³/mol. The largest absolute Gasteiger partial charge is 0.493 e. The molecule has 184 valence electrons. The first kappa shape index (κ1) is 24.6. The lowest BCUT2D eigenvalue weighted by atomic mass is 10.0. The molecule has 1 fully saturated rings. The van der Waals surface area contributed by atoms with Crippen LogP contribution in [-0.4, -0.2) is 29.1 Å². The van der Waals surface area contributed by atoms with Crippen molar-refractivity contribution < 1.29 is 23.9 Å². The Balaban J connectivity index is 1.40. The van der Waals surface area contributed by atoms with Crippen LogP contribution in [0, 0.1) is 0 Å². The number of carbonyl (C=O) groups excluding carboxylic acids is 3. The van der Waals surface area contributed by atoms with E-state index in [0.717, 1.165) is 27.4 Å². The fourth-order valence-electron chi connectivity index (χ4n) is 4.01. The molecule has 0 bridgehead atoms. The zero-order valence-electron chi connectivity index (χ0n) is 19.6. The molecule has 1 aliphatic rings. The smallest absolute Gasteiger partial charge is 0.344 e. The van der Waals surface area contributed by atoms with Crippen LogP contribution in [-0.2, 0) is 11.3 Å². The fourth-order valence-corrected chi connectivity index (χ4v) is 5.04. The molecular formula is C29H20ClNO5S. The third-order valence-electron chi connectivity index (χ3n) is 5.86. The summed E-state index contributed by atoms with van der Waals surface area (Å²) in [7, 11) is 1.48. The maximum atomic E-state index is 13.1. The van der Waals surface area contributed by atoms with Crippen LogP contribution in [0.4, 0.5) is 4.79 Å². The molecule has 1 saturated heterocycles. The van der Waals surface area contributed by atoms with E-state index in [-0.39, 0.29) is 22.4 Å². The van der Waals surface area contributed by atoms with Crippen LogP contribution in [0.15, 0.2) is 89.8 Å². The molecule has 0 aromatic heterocycles. The van der Waals surface area contributed by atoms with Gasteiger partial charge in [-0.3, -0.25) is 14.5 Å². The summed E-state index contributed by atoms with van der Waals surface area (Å²) < 4.78 is 11.1. The number of rotatable bonds is 6. The van der Waals surface area contributed by atoms with Gasteiger partial charge in [0, 0.05) is 5.02 Å². The lowest BCUT2D eigenvalue weighted by Gasteiger charge is -2.13. The first-order chi connectivity index (χ1) is 17.9. The van der Waals surface area contributed by atoms with Crippen LogP contribution in [0.25, 0.3) is 16.8 Å². The van der Waals surface area contributed by atoms with Crippen molar-refractivity contribution in [2.75, 3.05) is 7.11 Å². The first-order valence-corrected chi connectivity index (χ1v) is 12.5. The van der Waals surface area contributed by atoms with Gasteiger partial charge in [0.25, 0.3) is 11.1 Å². The van der Waals surface area contributed by atoms with E-state index in [2.05, 4.69) is 0 Å². The van der Waals surface area contributed by atoms with Gasteiger partial charge in [0.1, 0.15) is 0 Å². The van der Waals surface area contributed by atoms with Crippen molar-refractivity contribution >= 4 is 57.3 Å². The number of imide groups is 1. The van der Waals surface area contributed by atoms with E-state index in [9.17, 15) is 14.4 Å². The Kier molecular flexibility index (Phi) is 6.99. The molecule has 2 amide bonds. The third-order valence-corrected chi connectivity index (χ3v) is 7.13. The molecule has 1 aliphatic heterocycles. The van der Waals surface area contributed by atoms with Crippen molar-refractivity contribution in [2.24, 2.45) is 0 Å². The molecule has 0 aliphatic carbocycles. The monoisotopic (exact) mass is 529 g/mol. The number of ether oxygens (including phenoxy) is 2. The highest BCUT2D eigenvalue weighted by Gasteiger charge is 2.35. The lowest BCUT2D eigenvalue weighted by Crippen LogP contribution is -2.27. The van der Waals surface area contributed by atoms with Gasteiger partial charge in [0.15, 0.2) is 11.5 Å². The summed E-state index contributed by atoms with van der Waals surface area (Å²) in [5.74, 6) is -0.394. The number of carbonyl (C=O) groups is 3. The Morgan fingerprint density at radius 3 is 2.51 bits per heavy atom. The van der Waals surface area contributed by atoms with E-state index >= 15 is 0 Å². The van der Waals surface area contributed by atoms with Gasteiger partial charge >= 0.3 is 5.97 Å². The van der Waals surface area contributed by atoms with Crippen molar-refractivity contribution in [1.82, 2.24) is 4.90 Å². The van der Waals surface area contributed by atoms with Gasteiger partial charge in [0.05, 0.1) is 24.1 Å². The van der Waals surface area contributed by atoms with Crippen molar-refractivity contribution in [3.8, 4) is 11.5 Å². The normalized spacial score (nSPS) is 14.4. The van der Waals surface area contributed by atoms with E-state index in [1.54, 1.807) is 60.7 Å². The molecule has 8 heteroatoms. The molecule has 0 atom stereocenters. The number of esters is 1. The Morgan fingerprint density at radius 2 is 1.70 bits per heavy atom. The van der Waals surface area contributed by atoms with E-state index < -0.39 is 11.9 Å². The topological polar surface area (TPSA) is 72.9 Å². The summed E-state index contributed by atoms with van der Waals surface area (Å²) in [5, 5.41) is 1.80. The van der Waals surface area contributed by atoms with Crippen molar-refractivity contribution in [3.05, 3.63) is 112 Å². The molecule has 4 aromatic rings. The van der Waals surface area contributed by atoms with E-state index in [1.165, 1.54) is 7.11 Å². The molecule has 0 N–H and O–H groups in total. The zero-order valence-corrected chi connectivity index (χ0v) is 21.2. The number of methoxy groups -OCH3 is 1. The second-order valence-corrected chi connectivity index (χ2v) is 9.59. The minimum Gasteiger partial charge on any atom is -0.493 e. The number of thioether (sulfide) groups is 1. The lowest BCUT2D eigenvalue weighted by molar-refractivity contribution is -0.123. The molecule has 0 radical (unpaired) electrons. The van der Waals surface area contributed by atoms with Crippen LogP contribution in [0.3, 0.4) is 0 Å². The van der Waals surface area contributed by atoms with E-state index in [1.807, 2.05) is 30.3 Å². The number of fused-ring (bicyclic) bond motifs is 1. The molecule has 0 spiro atoms. The van der Waals surface area contributed by atoms with E-state index in [4.69, 9.17) is 21.1 Å². The van der Waals surface area contributed by atoms with Crippen molar-refractivity contribution in [1.29, 1.82) is 0 Å². The molecule has 4 aromatic carbocycles. The maximum absolute atomic E-state index is 13.1. The quantitative estimate of drug-likeness (QED) is 0.153. The highest BCUT2D eigenvalue weighted by atomic mass is 35.5. The van der Waals surface area contributed by atoms with Crippen LogP contribution < -0.4 is 9.47 Å². The van der Waals surface area contributed by atoms with Crippen LogP contribution in [0.1, 0.15) is 21.5 Å². The summed E-state index contributed by atoms with van der Waals surface area (Å²) in [6, 6.07) is 25.0. The molecule has 6 nitrogen and oxygen atoms in total. The molecule has 1 heterocycles. The Hall–Kier alpha value is -4.07. The summed E-state index contributed by atoms with van der Waals surface area (Å²) in [4.78, 5) is 40.1. The van der Waals surface area contributed by atoms with Gasteiger partial charge in [0.2, 0.25) is 0 Å². The average Bonchev–Trinajstić information content (AvgIpc) is 3.17. The zero-order chi connectivity index (χ0) is 25.9. The molecule has 37 heavy (non-hydrogen) atoms. The number of hydrogen-bond donors (Lipinski definition) is 0. The summed E-state index contributed by atoms with van der Waals surface area (Å²) >= 11 is 7.05. The minimum absolute atomic E-state index is 0.0815. The molecular weight excluding hydrogens is 510 g/mol. The Bertz CT molecular complexity index is 1580. The summed E-state index contributed by atoms with van der Waals surface area (Å²) in [5.41, 5.74) is 1.68. The second kappa shape index (κ2) is 10.5. The first-order valence-electron chi connectivity index (χ1n) is 11.3. The molecule has 5 rings (SSSR count). The average molecular weight is 530 g/mol. The van der Waals surface area contributed by atoms with Crippen LogP contribution in [0.5, 0.6) is 11.5 Å². The number of halogens is 1. The maximum Gasteiger partial charge on any atom is 0.344 e. The highest BCUT2D eigenvalue weighted by Crippen LogP contribution is 2.36. The van der Waals surface area contributed by atoms with Gasteiger partial charge in [-0.1, -0.05) is 72.3 Å². The summed E-state index contributed by atoms with van der Waals surface area (Å²) in [6.07, 6.45) is 1.59. The molecule has 0 unspecified atom stereocenters. The predicted octanol–water partition coefficient (Wildman–Crippen LogP) is 6.96. The van der Waals surface area contributed by atoms with Crippen LogP contribution in [0.2, 0.25) is 5.02 Å². The van der Waals surface area contributed by atoms with Gasteiger partial charge in [-0.25, -0.2) is 4.79 Å². The number of nitrogens with zero attached hydrogens (tertiary/aromatic N) is 1. The van der Waals surface area contributed by atoms with Gasteiger partial charge in [-0.15, -0.1) is 0 Å². The summed E-state index contributed by atoms with van der Waals surface area (Å²) in [6.45, 7) is 0.0815. The van der Waals surface area contributed by atoms with E-state index in [0.29, 0.717) is 27.5 Å². The fraction of sp³-hybridized carbons (Fsp3) is 0.0690. The number of benzene rings is 4. The SMILES string of the molecule is COc1ccc(/C=C2\SC(=O)N(Cc3ccccc3Cl)C2=O)cc1OC(=O)c1cccc2ccccc12. The van der Waals surface area contributed by atoms with Gasteiger partial charge < -0.3 is 9.47 Å². The Labute approximate surface area is 222 Å². The van der Waals surface area contributed by atoms with Crippen molar-refractivity contribution in [3.63, 3.8) is 0 Å². The van der Waals surface area contributed by atoms with Gasteiger partial charge in [-0.2, -0.15) is 0 Å². The second-order valence-electron chi connectivity index (χ2n) is 8.19. The van der Waals surface area contributed by atoms with Gasteiger partial charge in [-0.05, 0) is 64.0 Å². The van der Waals surface area contributed by atoms with Crippen LogP contribution >= 0.6 is 23.4 Å². The number of amides is 2. The highest BCUT2D eigenvalue weighted by molar-refractivity contribution is 8.18.